The van der Waals surface area contributed by atoms with Crippen LogP contribution in [0, 0.1) is 0 Å². The maximum Gasteiger partial charge on any atom is 0.163 e. The summed E-state index contributed by atoms with van der Waals surface area (Å²) in [5.41, 5.74) is 9.65. The average Bonchev–Trinajstić information content (AvgIpc) is 2.47. The predicted molar refractivity (Wildman–Crippen MR) is 88.7 cm³/mol. The van der Waals surface area contributed by atoms with Gasteiger partial charge < -0.3 is 5.73 Å². The first-order chi connectivity index (χ1) is 9.97. The molecule has 2 nitrogen and oxygen atoms in total. The summed E-state index contributed by atoms with van der Waals surface area (Å²) in [5, 5.41) is 0. The number of hydrogen-bond donors (Lipinski definition) is 1. The van der Waals surface area contributed by atoms with Gasteiger partial charge in [0.15, 0.2) is 5.78 Å². The summed E-state index contributed by atoms with van der Waals surface area (Å²) in [6.07, 6.45) is 0.519. The Morgan fingerprint density at radius 2 is 1.43 bits per heavy atom. The Morgan fingerprint density at radius 3 is 1.95 bits per heavy atom. The van der Waals surface area contributed by atoms with E-state index >= 15 is 0 Å². The second-order valence-corrected chi connectivity index (χ2v) is 5.97. The van der Waals surface area contributed by atoms with Crippen molar-refractivity contribution in [1.29, 1.82) is 0 Å². The van der Waals surface area contributed by atoms with Crippen LogP contribution in [0.25, 0.3) is 0 Å². The standard InChI is InChI=1S/C19H23NO/c1-13(2)15-4-6-17(7-5-15)19(21)12-14(3)16-8-10-18(20)11-9-16/h4-11,13-14H,12,20H2,1-3H3. The first-order valence-corrected chi connectivity index (χ1v) is 7.46. The third-order valence-corrected chi connectivity index (χ3v) is 3.90. The summed E-state index contributed by atoms with van der Waals surface area (Å²) < 4.78 is 0. The predicted octanol–water partition coefficient (Wildman–Crippen LogP) is 4.77. The normalized spacial score (nSPS) is 12.4. The Balaban J connectivity index is 2.05. The minimum atomic E-state index is 0.189. The topological polar surface area (TPSA) is 43.1 Å². The van der Waals surface area contributed by atoms with Gasteiger partial charge in [0.25, 0.3) is 0 Å². The number of ketones is 1. The summed E-state index contributed by atoms with van der Waals surface area (Å²) in [6.45, 7) is 6.38. The van der Waals surface area contributed by atoms with Crippen molar-refractivity contribution in [2.45, 2.75) is 39.0 Å². The van der Waals surface area contributed by atoms with Crippen LogP contribution in [0.2, 0.25) is 0 Å². The van der Waals surface area contributed by atoms with E-state index in [1.165, 1.54) is 5.56 Å². The van der Waals surface area contributed by atoms with Gasteiger partial charge in [0, 0.05) is 17.7 Å². The van der Waals surface area contributed by atoms with Crippen LogP contribution in [0.15, 0.2) is 48.5 Å². The Kier molecular flexibility index (Phi) is 4.79. The lowest BCUT2D eigenvalue weighted by Gasteiger charge is -2.12. The van der Waals surface area contributed by atoms with E-state index in [4.69, 9.17) is 5.73 Å². The van der Waals surface area contributed by atoms with Crippen LogP contribution in [0.5, 0.6) is 0 Å². The average molecular weight is 281 g/mol. The number of hydrogen-bond acceptors (Lipinski definition) is 2. The van der Waals surface area contributed by atoms with Gasteiger partial charge in [0.2, 0.25) is 0 Å². The molecule has 110 valence electrons. The highest BCUT2D eigenvalue weighted by molar-refractivity contribution is 5.96. The van der Waals surface area contributed by atoms with E-state index in [1.54, 1.807) is 0 Å². The molecule has 0 aliphatic carbocycles. The van der Waals surface area contributed by atoms with Crippen molar-refractivity contribution >= 4 is 11.5 Å². The molecular weight excluding hydrogens is 258 g/mol. The summed E-state index contributed by atoms with van der Waals surface area (Å²) in [4.78, 5) is 12.4. The lowest BCUT2D eigenvalue weighted by molar-refractivity contribution is 0.0975. The molecule has 2 rings (SSSR count). The molecule has 0 radical (unpaired) electrons. The van der Waals surface area contributed by atoms with E-state index in [0.29, 0.717) is 12.3 Å². The number of carbonyl (C=O) groups is 1. The highest BCUT2D eigenvalue weighted by atomic mass is 16.1. The number of anilines is 1. The minimum Gasteiger partial charge on any atom is -0.399 e. The van der Waals surface area contributed by atoms with Crippen LogP contribution in [0.3, 0.4) is 0 Å². The zero-order valence-electron chi connectivity index (χ0n) is 13.0. The molecule has 0 bridgehead atoms. The van der Waals surface area contributed by atoms with Crippen molar-refractivity contribution in [2.75, 3.05) is 5.73 Å². The minimum absolute atomic E-state index is 0.189. The van der Waals surface area contributed by atoms with Crippen molar-refractivity contribution in [3.05, 3.63) is 65.2 Å². The molecule has 0 aromatic heterocycles. The quantitative estimate of drug-likeness (QED) is 0.633. The number of rotatable bonds is 5. The van der Waals surface area contributed by atoms with E-state index in [-0.39, 0.29) is 11.7 Å². The molecule has 0 spiro atoms. The molecule has 0 aliphatic heterocycles. The Labute approximate surface area is 127 Å². The molecule has 2 heteroatoms. The maximum atomic E-state index is 12.4. The number of nitrogen functional groups attached to an aromatic ring is 1. The molecule has 1 atom stereocenters. The van der Waals surface area contributed by atoms with E-state index in [1.807, 2.05) is 48.5 Å². The molecule has 0 saturated carbocycles. The number of nitrogens with two attached hydrogens (primary N) is 1. The molecule has 21 heavy (non-hydrogen) atoms. The van der Waals surface area contributed by atoms with Gasteiger partial charge in [0.1, 0.15) is 0 Å². The molecular formula is C19H23NO. The smallest absolute Gasteiger partial charge is 0.163 e. The van der Waals surface area contributed by atoms with Crippen LogP contribution >= 0.6 is 0 Å². The number of carbonyl (C=O) groups excluding carboxylic acids is 1. The van der Waals surface area contributed by atoms with Crippen LogP contribution in [-0.2, 0) is 0 Å². The molecule has 2 aromatic carbocycles. The van der Waals surface area contributed by atoms with Gasteiger partial charge >= 0.3 is 0 Å². The fourth-order valence-corrected chi connectivity index (χ4v) is 2.39. The van der Waals surface area contributed by atoms with Crippen LogP contribution < -0.4 is 5.73 Å². The second-order valence-electron chi connectivity index (χ2n) is 5.97. The van der Waals surface area contributed by atoms with Gasteiger partial charge in [-0.2, -0.15) is 0 Å². The van der Waals surface area contributed by atoms with Crippen molar-refractivity contribution in [3.8, 4) is 0 Å². The van der Waals surface area contributed by atoms with E-state index in [2.05, 4.69) is 20.8 Å². The molecule has 0 saturated heterocycles. The van der Waals surface area contributed by atoms with Crippen molar-refractivity contribution in [3.63, 3.8) is 0 Å². The Bertz CT molecular complexity index is 596. The molecule has 0 aliphatic rings. The molecule has 1 unspecified atom stereocenters. The fraction of sp³-hybridized carbons (Fsp3) is 0.316. The van der Waals surface area contributed by atoms with Crippen molar-refractivity contribution in [2.24, 2.45) is 0 Å². The van der Waals surface area contributed by atoms with E-state index < -0.39 is 0 Å². The fourth-order valence-electron chi connectivity index (χ4n) is 2.39. The van der Waals surface area contributed by atoms with E-state index in [0.717, 1.165) is 16.8 Å². The van der Waals surface area contributed by atoms with Crippen molar-refractivity contribution < 1.29 is 4.79 Å². The van der Waals surface area contributed by atoms with Gasteiger partial charge in [-0.3, -0.25) is 4.79 Å². The lowest BCUT2D eigenvalue weighted by Crippen LogP contribution is -2.05. The highest BCUT2D eigenvalue weighted by Crippen LogP contribution is 2.23. The van der Waals surface area contributed by atoms with Gasteiger partial charge in [-0.05, 0) is 35.1 Å². The highest BCUT2D eigenvalue weighted by Gasteiger charge is 2.13. The molecule has 2 aromatic rings. The SMILES string of the molecule is CC(C)c1ccc(C(=O)CC(C)c2ccc(N)cc2)cc1. The monoisotopic (exact) mass is 281 g/mol. The second kappa shape index (κ2) is 6.57. The first-order valence-electron chi connectivity index (χ1n) is 7.46. The van der Waals surface area contributed by atoms with Gasteiger partial charge in [-0.25, -0.2) is 0 Å². The van der Waals surface area contributed by atoms with E-state index in [9.17, 15) is 4.79 Å². The van der Waals surface area contributed by atoms with Crippen LogP contribution in [0.4, 0.5) is 5.69 Å². The zero-order chi connectivity index (χ0) is 15.4. The molecule has 0 fully saturated rings. The molecule has 2 N–H and O–H groups in total. The largest absolute Gasteiger partial charge is 0.399 e. The Morgan fingerprint density at radius 1 is 0.905 bits per heavy atom. The van der Waals surface area contributed by atoms with Gasteiger partial charge in [-0.1, -0.05) is 57.2 Å². The number of Topliss-reactive ketones (excluding diaryl/α,β-unsaturated/α-hetero) is 1. The molecule has 0 amide bonds. The zero-order valence-corrected chi connectivity index (χ0v) is 13.0. The summed E-state index contributed by atoms with van der Waals surface area (Å²) in [7, 11) is 0. The Hall–Kier alpha value is -2.09. The van der Waals surface area contributed by atoms with Gasteiger partial charge in [0.05, 0.1) is 0 Å². The van der Waals surface area contributed by atoms with Crippen LogP contribution in [0.1, 0.15) is 60.5 Å². The molecule has 0 heterocycles. The summed E-state index contributed by atoms with van der Waals surface area (Å²) in [5.74, 6) is 0.875. The van der Waals surface area contributed by atoms with Gasteiger partial charge in [-0.15, -0.1) is 0 Å². The lowest BCUT2D eigenvalue weighted by atomic mass is 9.92. The third-order valence-electron chi connectivity index (χ3n) is 3.90. The maximum absolute atomic E-state index is 12.4. The first kappa shape index (κ1) is 15.3. The summed E-state index contributed by atoms with van der Waals surface area (Å²) in [6, 6.07) is 15.7. The summed E-state index contributed by atoms with van der Waals surface area (Å²) >= 11 is 0. The van der Waals surface area contributed by atoms with Crippen molar-refractivity contribution in [1.82, 2.24) is 0 Å². The third kappa shape index (κ3) is 3.94. The number of benzene rings is 2. The van der Waals surface area contributed by atoms with Crippen LogP contribution in [-0.4, -0.2) is 5.78 Å².